The summed E-state index contributed by atoms with van der Waals surface area (Å²) in [5.74, 6) is -3.46. The van der Waals surface area contributed by atoms with Crippen molar-refractivity contribution in [1.82, 2.24) is 0 Å². The van der Waals surface area contributed by atoms with Crippen LogP contribution in [-0.2, 0) is 14.3 Å². The maximum absolute atomic E-state index is 12.5. The Kier molecular flexibility index (Phi) is 3.94. The molecule has 0 aliphatic carbocycles. The summed E-state index contributed by atoms with van der Waals surface area (Å²) in [6.07, 6.45) is 1.95. The first-order chi connectivity index (χ1) is 11.4. The Bertz CT molecular complexity index is 745. The molecule has 1 saturated heterocycles. The maximum Gasteiger partial charge on any atom is 0.310 e. The third kappa shape index (κ3) is 2.58. The molecule has 9 heteroatoms. The highest BCUT2D eigenvalue weighted by molar-refractivity contribution is 5.98. The van der Waals surface area contributed by atoms with Gasteiger partial charge in [0, 0.05) is 0 Å². The van der Waals surface area contributed by atoms with Crippen LogP contribution in [-0.4, -0.2) is 41.2 Å². The van der Waals surface area contributed by atoms with Gasteiger partial charge in [0.05, 0.1) is 36.2 Å². The lowest BCUT2D eigenvalue weighted by Gasteiger charge is -2.21. The number of carboxylic acid groups (broad SMARTS) is 1. The Hall–Kier alpha value is -2.94. The van der Waals surface area contributed by atoms with Crippen LogP contribution in [0.3, 0.4) is 0 Å². The molecule has 4 unspecified atom stereocenters. The largest absolute Gasteiger partial charge is 0.496 e. The Labute approximate surface area is 136 Å². The third-order valence-electron chi connectivity index (χ3n) is 4.15. The van der Waals surface area contributed by atoms with E-state index in [4.69, 9.17) is 9.47 Å². The summed E-state index contributed by atoms with van der Waals surface area (Å²) >= 11 is 0. The van der Waals surface area contributed by atoms with E-state index < -0.39 is 40.8 Å². The van der Waals surface area contributed by atoms with Crippen molar-refractivity contribution in [3.8, 4) is 5.75 Å². The van der Waals surface area contributed by atoms with Gasteiger partial charge < -0.3 is 19.9 Å². The first-order valence-corrected chi connectivity index (χ1v) is 7.12. The molecule has 2 bridgehead atoms. The summed E-state index contributed by atoms with van der Waals surface area (Å²) in [6, 6.07) is 3.99. The second-order valence-corrected chi connectivity index (χ2v) is 5.47. The second-order valence-electron chi connectivity index (χ2n) is 5.47. The summed E-state index contributed by atoms with van der Waals surface area (Å²) in [5, 5.41) is 22.9. The van der Waals surface area contributed by atoms with Crippen LogP contribution < -0.4 is 10.1 Å². The van der Waals surface area contributed by atoms with Crippen LogP contribution >= 0.6 is 0 Å². The van der Waals surface area contributed by atoms with Crippen LogP contribution in [0.4, 0.5) is 11.4 Å². The normalized spacial score (nSPS) is 27.0. The van der Waals surface area contributed by atoms with E-state index in [9.17, 15) is 24.8 Å². The van der Waals surface area contributed by atoms with Crippen molar-refractivity contribution in [2.24, 2.45) is 11.8 Å². The van der Waals surface area contributed by atoms with E-state index in [1.807, 2.05) is 0 Å². The number of methoxy groups -OCH3 is 1. The van der Waals surface area contributed by atoms with Crippen LogP contribution in [0.2, 0.25) is 0 Å². The van der Waals surface area contributed by atoms with E-state index in [0.717, 1.165) is 0 Å². The lowest BCUT2D eigenvalue weighted by atomic mass is 9.82. The van der Waals surface area contributed by atoms with Gasteiger partial charge >= 0.3 is 5.97 Å². The second kappa shape index (κ2) is 5.93. The van der Waals surface area contributed by atoms with E-state index >= 15 is 0 Å². The fourth-order valence-electron chi connectivity index (χ4n) is 3.03. The molecule has 126 valence electrons. The lowest BCUT2D eigenvalue weighted by Crippen LogP contribution is -2.39. The van der Waals surface area contributed by atoms with Gasteiger partial charge in [-0.15, -0.1) is 0 Å². The highest BCUT2D eigenvalue weighted by atomic mass is 16.6. The fourth-order valence-corrected chi connectivity index (χ4v) is 3.03. The number of carbonyl (C=O) groups is 2. The molecule has 1 fully saturated rings. The molecule has 1 aromatic carbocycles. The number of anilines is 1. The van der Waals surface area contributed by atoms with Gasteiger partial charge in [0.15, 0.2) is 0 Å². The number of hydrogen-bond acceptors (Lipinski definition) is 6. The molecule has 0 radical (unpaired) electrons. The van der Waals surface area contributed by atoms with Crippen molar-refractivity contribution in [3.05, 3.63) is 40.5 Å². The number of benzene rings is 1. The van der Waals surface area contributed by atoms with Crippen molar-refractivity contribution >= 4 is 23.3 Å². The number of carboxylic acids is 1. The van der Waals surface area contributed by atoms with E-state index in [0.29, 0.717) is 0 Å². The van der Waals surface area contributed by atoms with Gasteiger partial charge in [0.1, 0.15) is 17.4 Å². The standard InChI is InChI=1S/C15H14N2O7/c1-23-7-2-3-8(9(6-7)17(21)22)16-14(18)12-10-4-5-11(24-10)13(12)15(19)20/h2-6,10-13H,1H3,(H,16,18)(H,19,20). The van der Waals surface area contributed by atoms with Crippen molar-refractivity contribution < 1.29 is 29.1 Å². The minimum atomic E-state index is -1.14. The number of hydrogen-bond donors (Lipinski definition) is 2. The fraction of sp³-hybridized carbons (Fsp3) is 0.333. The number of amides is 1. The summed E-state index contributed by atoms with van der Waals surface area (Å²) in [6.45, 7) is 0. The molecule has 0 saturated carbocycles. The highest BCUT2D eigenvalue weighted by Gasteiger charge is 2.53. The van der Waals surface area contributed by atoms with Gasteiger partial charge in [0.25, 0.3) is 5.69 Å². The van der Waals surface area contributed by atoms with Gasteiger partial charge in [-0.3, -0.25) is 19.7 Å². The molecule has 9 nitrogen and oxygen atoms in total. The predicted molar refractivity (Wildman–Crippen MR) is 80.7 cm³/mol. The SMILES string of the molecule is COc1ccc(NC(=O)C2C3C=CC(O3)C2C(=O)O)c([N+](=O)[O-])c1. The highest BCUT2D eigenvalue weighted by Crippen LogP contribution is 2.40. The minimum Gasteiger partial charge on any atom is -0.496 e. The lowest BCUT2D eigenvalue weighted by molar-refractivity contribution is -0.384. The van der Waals surface area contributed by atoms with E-state index in [2.05, 4.69) is 5.32 Å². The topological polar surface area (TPSA) is 128 Å². The van der Waals surface area contributed by atoms with Crippen molar-refractivity contribution in [2.45, 2.75) is 12.2 Å². The van der Waals surface area contributed by atoms with Gasteiger partial charge in [-0.05, 0) is 12.1 Å². The quantitative estimate of drug-likeness (QED) is 0.470. The van der Waals surface area contributed by atoms with Gasteiger partial charge in [-0.1, -0.05) is 12.2 Å². The maximum atomic E-state index is 12.5. The van der Waals surface area contributed by atoms with E-state index in [-0.39, 0.29) is 17.1 Å². The molecule has 0 aromatic heterocycles. The first kappa shape index (κ1) is 15.9. The summed E-state index contributed by atoms with van der Waals surface area (Å²) < 4.78 is 10.4. The summed E-state index contributed by atoms with van der Waals surface area (Å²) in [5.41, 5.74) is -0.365. The molecule has 0 spiro atoms. The smallest absolute Gasteiger partial charge is 0.310 e. The van der Waals surface area contributed by atoms with Crippen LogP contribution in [0, 0.1) is 22.0 Å². The Balaban J connectivity index is 1.86. The Morgan fingerprint density at radius 1 is 1.29 bits per heavy atom. The zero-order valence-corrected chi connectivity index (χ0v) is 12.5. The van der Waals surface area contributed by atoms with Crippen LogP contribution in [0.25, 0.3) is 0 Å². The number of nitro groups is 1. The molecule has 2 heterocycles. The molecule has 2 N–H and O–H groups in total. The van der Waals surface area contributed by atoms with Crippen molar-refractivity contribution in [2.75, 3.05) is 12.4 Å². The van der Waals surface area contributed by atoms with Crippen LogP contribution in [0.5, 0.6) is 5.75 Å². The number of ether oxygens (including phenoxy) is 2. The number of nitrogens with zero attached hydrogens (tertiary/aromatic N) is 1. The van der Waals surface area contributed by atoms with Gasteiger partial charge in [0.2, 0.25) is 5.91 Å². The molecule has 1 aromatic rings. The monoisotopic (exact) mass is 334 g/mol. The predicted octanol–water partition coefficient (Wildman–Crippen LogP) is 1.20. The number of aliphatic carboxylic acids is 1. The summed E-state index contributed by atoms with van der Waals surface area (Å²) in [4.78, 5) is 34.4. The third-order valence-corrected chi connectivity index (χ3v) is 4.15. The molecule has 2 aliphatic heterocycles. The van der Waals surface area contributed by atoms with Crippen molar-refractivity contribution in [3.63, 3.8) is 0 Å². The average Bonchev–Trinajstić information content (AvgIpc) is 3.15. The Morgan fingerprint density at radius 2 is 1.96 bits per heavy atom. The number of fused-ring (bicyclic) bond motifs is 2. The molecule has 3 rings (SSSR count). The van der Waals surface area contributed by atoms with E-state index in [1.165, 1.54) is 25.3 Å². The van der Waals surface area contributed by atoms with Gasteiger partial charge in [-0.2, -0.15) is 0 Å². The van der Waals surface area contributed by atoms with Gasteiger partial charge in [-0.25, -0.2) is 0 Å². The Morgan fingerprint density at radius 3 is 2.54 bits per heavy atom. The number of rotatable bonds is 5. The molecule has 2 aliphatic rings. The molecule has 1 amide bonds. The first-order valence-electron chi connectivity index (χ1n) is 7.12. The number of nitro benzene ring substituents is 1. The number of carbonyl (C=O) groups excluding carboxylic acids is 1. The molecular weight excluding hydrogens is 320 g/mol. The molecule has 24 heavy (non-hydrogen) atoms. The summed E-state index contributed by atoms with van der Waals surface area (Å²) in [7, 11) is 1.37. The number of nitrogens with one attached hydrogen (secondary N) is 1. The van der Waals surface area contributed by atoms with Crippen LogP contribution in [0.1, 0.15) is 0 Å². The average molecular weight is 334 g/mol. The zero-order valence-electron chi connectivity index (χ0n) is 12.5. The molecule has 4 atom stereocenters. The van der Waals surface area contributed by atoms with Crippen molar-refractivity contribution in [1.29, 1.82) is 0 Å². The van der Waals surface area contributed by atoms with Crippen LogP contribution in [0.15, 0.2) is 30.4 Å². The zero-order chi connectivity index (χ0) is 17.4. The van der Waals surface area contributed by atoms with E-state index in [1.54, 1.807) is 12.2 Å². The minimum absolute atomic E-state index is 0.0262. The molecular formula is C15H14N2O7.